The van der Waals surface area contributed by atoms with Crippen LogP contribution in [-0.2, 0) is 4.74 Å². The molecule has 33 heavy (non-hydrogen) atoms. The van der Waals surface area contributed by atoms with Crippen LogP contribution in [0.2, 0.25) is 0 Å². The highest BCUT2D eigenvalue weighted by molar-refractivity contribution is 5.68. The highest BCUT2D eigenvalue weighted by Crippen LogP contribution is 2.32. The second kappa shape index (κ2) is 10.6. The summed E-state index contributed by atoms with van der Waals surface area (Å²) in [6.45, 7) is 9.45. The van der Waals surface area contributed by atoms with Gasteiger partial charge >= 0.3 is 6.09 Å². The minimum atomic E-state index is -0.481. The molecule has 2 aromatic rings. The number of benzene rings is 1. The lowest BCUT2D eigenvalue weighted by Crippen LogP contribution is -2.42. The fraction of sp³-hybridized carbons (Fsp3) is 0.542. The van der Waals surface area contributed by atoms with Crippen molar-refractivity contribution in [1.29, 1.82) is 0 Å². The number of likely N-dealkylation sites (tertiary alicyclic amines) is 1. The smallest absolute Gasteiger partial charge is 0.410 e. The number of aryl methyl sites for hydroxylation is 1. The first-order valence-electron chi connectivity index (χ1n) is 11.3. The normalized spacial score (nSPS) is 14.5. The molecule has 0 aliphatic carbocycles. The summed E-state index contributed by atoms with van der Waals surface area (Å²) in [4.78, 5) is 22.9. The molecule has 0 unspecified atom stereocenters. The standard InChI is InChI=1S/C24H35N5O4/c1-16-13-21(25-5)28-22(26-16)27-18-7-8-19(31-6)20(14-18)32-15-17-9-11-29(12-10-17)23(30)33-24(2,3)4/h7-8,13-14,17H,9-12,15H2,1-6H3,(H2,25,26,27,28). The van der Waals surface area contributed by atoms with Crippen LogP contribution < -0.4 is 20.1 Å². The van der Waals surface area contributed by atoms with Crippen LogP contribution in [0.25, 0.3) is 0 Å². The number of ether oxygens (including phenoxy) is 3. The third kappa shape index (κ3) is 7.13. The number of rotatable bonds is 7. The maximum Gasteiger partial charge on any atom is 0.410 e. The lowest BCUT2D eigenvalue weighted by molar-refractivity contribution is 0.0164. The molecule has 3 rings (SSSR count). The molecular formula is C24H35N5O4. The van der Waals surface area contributed by atoms with Gasteiger partial charge in [-0.15, -0.1) is 0 Å². The minimum Gasteiger partial charge on any atom is -0.493 e. The van der Waals surface area contributed by atoms with Crippen molar-refractivity contribution in [2.24, 2.45) is 5.92 Å². The maximum atomic E-state index is 12.3. The van der Waals surface area contributed by atoms with E-state index in [4.69, 9.17) is 14.2 Å². The SMILES string of the molecule is CNc1cc(C)nc(Nc2ccc(OC)c(OCC3CCN(C(=O)OC(C)(C)C)CC3)c2)n1. The van der Waals surface area contributed by atoms with Crippen LogP contribution in [0.4, 0.5) is 22.2 Å². The van der Waals surface area contributed by atoms with Gasteiger partial charge in [-0.1, -0.05) is 0 Å². The van der Waals surface area contributed by atoms with Gasteiger partial charge < -0.3 is 29.7 Å². The quantitative estimate of drug-likeness (QED) is 0.622. The molecule has 1 saturated heterocycles. The molecule has 0 radical (unpaired) electrons. The van der Waals surface area contributed by atoms with Crippen molar-refractivity contribution in [3.8, 4) is 11.5 Å². The Kier molecular flexibility index (Phi) is 7.84. The van der Waals surface area contributed by atoms with Gasteiger partial charge in [-0.2, -0.15) is 4.98 Å². The number of piperidine rings is 1. The summed E-state index contributed by atoms with van der Waals surface area (Å²) in [5.74, 6) is 2.91. The molecule has 1 aliphatic heterocycles. The summed E-state index contributed by atoms with van der Waals surface area (Å²) in [5, 5.41) is 6.26. The molecule has 1 amide bonds. The number of anilines is 3. The molecule has 9 heteroatoms. The van der Waals surface area contributed by atoms with Crippen LogP contribution in [-0.4, -0.2) is 60.4 Å². The van der Waals surface area contributed by atoms with E-state index in [0.717, 1.165) is 30.0 Å². The van der Waals surface area contributed by atoms with Crippen molar-refractivity contribution in [2.45, 2.75) is 46.1 Å². The molecule has 1 fully saturated rings. The van der Waals surface area contributed by atoms with E-state index in [2.05, 4.69) is 20.6 Å². The molecule has 9 nitrogen and oxygen atoms in total. The van der Waals surface area contributed by atoms with Gasteiger partial charge in [0, 0.05) is 43.7 Å². The molecule has 0 saturated carbocycles. The van der Waals surface area contributed by atoms with Gasteiger partial charge in [-0.25, -0.2) is 9.78 Å². The number of amides is 1. The fourth-order valence-corrected chi connectivity index (χ4v) is 3.57. The summed E-state index contributed by atoms with van der Waals surface area (Å²) in [5.41, 5.74) is 1.18. The Morgan fingerprint density at radius 1 is 1.15 bits per heavy atom. The predicted molar refractivity (Wildman–Crippen MR) is 129 cm³/mol. The van der Waals surface area contributed by atoms with Crippen LogP contribution >= 0.6 is 0 Å². The van der Waals surface area contributed by atoms with Crippen LogP contribution in [0.5, 0.6) is 11.5 Å². The Balaban J connectivity index is 1.59. The topological polar surface area (TPSA) is 97.8 Å². The Morgan fingerprint density at radius 2 is 1.88 bits per heavy atom. The van der Waals surface area contributed by atoms with Gasteiger partial charge in [0.25, 0.3) is 0 Å². The van der Waals surface area contributed by atoms with Gasteiger partial charge in [0.1, 0.15) is 11.4 Å². The summed E-state index contributed by atoms with van der Waals surface area (Å²) in [6.07, 6.45) is 1.48. The molecule has 0 bridgehead atoms. The first-order chi connectivity index (χ1) is 15.7. The minimum absolute atomic E-state index is 0.248. The number of carbonyl (C=O) groups excluding carboxylic acids is 1. The molecule has 1 aliphatic rings. The number of aromatic nitrogens is 2. The number of nitrogens with zero attached hydrogens (tertiary/aromatic N) is 3. The van der Waals surface area contributed by atoms with Crippen LogP contribution in [0.15, 0.2) is 24.3 Å². The Bertz CT molecular complexity index is 952. The van der Waals surface area contributed by atoms with E-state index >= 15 is 0 Å². The van der Waals surface area contributed by atoms with Crippen molar-refractivity contribution in [1.82, 2.24) is 14.9 Å². The molecule has 1 aromatic carbocycles. The van der Waals surface area contributed by atoms with E-state index in [0.29, 0.717) is 43.1 Å². The van der Waals surface area contributed by atoms with Gasteiger partial charge in [0.15, 0.2) is 11.5 Å². The number of carbonyl (C=O) groups is 1. The van der Waals surface area contributed by atoms with E-state index < -0.39 is 5.60 Å². The van der Waals surface area contributed by atoms with Crippen LogP contribution in [0.3, 0.4) is 0 Å². The van der Waals surface area contributed by atoms with Crippen molar-refractivity contribution in [3.05, 3.63) is 30.0 Å². The van der Waals surface area contributed by atoms with Crippen molar-refractivity contribution in [2.75, 3.05) is 44.5 Å². The largest absolute Gasteiger partial charge is 0.493 e. The van der Waals surface area contributed by atoms with Gasteiger partial charge in [-0.05, 0) is 58.6 Å². The molecule has 0 atom stereocenters. The molecular weight excluding hydrogens is 422 g/mol. The average Bonchev–Trinajstić information content (AvgIpc) is 2.76. The second-order valence-electron chi connectivity index (χ2n) is 9.18. The molecule has 2 N–H and O–H groups in total. The third-order valence-electron chi connectivity index (χ3n) is 5.27. The summed E-state index contributed by atoms with van der Waals surface area (Å²) in [6, 6.07) is 7.52. The van der Waals surface area contributed by atoms with E-state index in [1.165, 1.54) is 0 Å². The summed E-state index contributed by atoms with van der Waals surface area (Å²) >= 11 is 0. The van der Waals surface area contributed by atoms with Gasteiger partial charge in [0.05, 0.1) is 13.7 Å². The Hall–Kier alpha value is -3.23. The number of nitrogens with one attached hydrogen (secondary N) is 2. The van der Waals surface area contributed by atoms with Crippen LogP contribution in [0, 0.1) is 12.8 Å². The van der Waals surface area contributed by atoms with Crippen molar-refractivity contribution < 1.29 is 19.0 Å². The lowest BCUT2D eigenvalue weighted by atomic mass is 9.98. The van der Waals surface area contributed by atoms with Crippen molar-refractivity contribution >= 4 is 23.5 Å². The van der Waals surface area contributed by atoms with Gasteiger partial charge in [0.2, 0.25) is 5.95 Å². The summed E-state index contributed by atoms with van der Waals surface area (Å²) in [7, 11) is 3.44. The highest BCUT2D eigenvalue weighted by atomic mass is 16.6. The monoisotopic (exact) mass is 457 g/mol. The summed E-state index contributed by atoms with van der Waals surface area (Å²) < 4.78 is 17.1. The molecule has 2 heterocycles. The number of methoxy groups -OCH3 is 1. The zero-order chi connectivity index (χ0) is 24.0. The molecule has 0 spiro atoms. The average molecular weight is 458 g/mol. The second-order valence-corrected chi connectivity index (χ2v) is 9.18. The molecule has 1 aromatic heterocycles. The first-order valence-corrected chi connectivity index (χ1v) is 11.3. The Morgan fingerprint density at radius 3 is 2.52 bits per heavy atom. The number of hydrogen-bond donors (Lipinski definition) is 2. The molecule has 180 valence electrons. The fourth-order valence-electron chi connectivity index (χ4n) is 3.57. The zero-order valence-electron chi connectivity index (χ0n) is 20.4. The van der Waals surface area contributed by atoms with Crippen LogP contribution in [0.1, 0.15) is 39.3 Å². The number of hydrogen-bond acceptors (Lipinski definition) is 8. The van der Waals surface area contributed by atoms with E-state index in [1.807, 2.05) is 59.0 Å². The van der Waals surface area contributed by atoms with E-state index in [9.17, 15) is 4.79 Å². The lowest BCUT2D eigenvalue weighted by Gasteiger charge is -2.33. The van der Waals surface area contributed by atoms with Gasteiger partial charge in [-0.3, -0.25) is 0 Å². The zero-order valence-corrected chi connectivity index (χ0v) is 20.4. The highest BCUT2D eigenvalue weighted by Gasteiger charge is 2.27. The third-order valence-corrected chi connectivity index (χ3v) is 5.27. The van der Waals surface area contributed by atoms with Crippen molar-refractivity contribution in [3.63, 3.8) is 0 Å². The maximum absolute atomic E-state index is 12.3. The predicted octanol–water partition coefficient (Wildman–Crippen LogP) is 4.60. The van der Waals surface area contributed by atoms with E-state index in [1.54, 1.807) is 12.0 Å². The Labute approximate surface area is 195 Å². The first kappa shape index (κ1) is 24.4. The van der Waals surface area contributed by atoms with E-state index in [-0.39, 0.29) is 6.09 Å².